The lowest BCUT2D eigenvalue weighted by Gasteiger charge is -2.10. The van der Waals surface area contributed by atoms with Gasteiger partial charge in [0.2, 0.25) is 0 Å². The second kappa shape index (κ2) is 6.07. The highest BCUT2D eigenvalue weighted by Crippen LogP contribution is 2.34. The lowest BCUT2D eigenvalue weighted by molar-refractivity contribution is 0.407. The Kier molecular flexibility index (Phi) is 4.66. The van der Waals surface area contributed by atoms with Crippen LogP contribution in [-0.4, -0.2) is 0 Å². The van der Waals surface area contributed by atoms with E-state index in [4.69, 9.17) is 27.9 Å². The molecule has 19 heavy (non-hydrogen) atoms. The van der Waals surface area contributed by atoms with Crippen molar-refractivity contribution >= 4 is 39.1 Å². The number of hydrogen-bond donors (Lipinski definition) is 0. The third-order valence-electron chi connectivity index (χ3n) is 2.32. The average molecular weight is 368 g/mol. The monoisotopic (exact) mass is 366 g/mol. The fourth-order valence-electron chi connectivity index (χ4n) is 1.45. The molecule has 0 bridgehead atoms. The molecule has 0 radical (unpaired) electrons. The molecule has 0 unspecified atom stereocenters. The van der Waals surface area contributed by atoms with Crippen LogP contribution in [0.15, 0.2) is 34.8 Å². The van der Waals surface area contributed by atoms with E-state index in [0.29, 0.717) is 5.56 Å². The van der Waals surface area contributed by atoms with Gasteiger partial charge in [-0.1, -0.05) is 27.5 Å². The summed E-state index contributed by atoms with van der Waals surface area (Å²) in [6.07, 6.45) is 0. The highest BCUT2D eigenvalue weighted by molar-refractivity contribution is 9.10. The minimum Gasteiger partial charge on any atom is -0.450 e. The van der Waals surface area contributed by atoms with Gasteiger partial charge in [-0.2, -0.15) is 0 Å². The topological polar surface area (TPSA) is 9.23 Å². The molecular formula is C13H7BrCl2F2O. The number of alkyl halides is 1. The van der Waals surface area contributed by atoms with Gasteiger partial charge in [0.1, 0.15) is 5.75 Å². The molecule has 6 heteroatoms. The molecule has 0 aliphatic carbocycles. The summed E-state index contributed by atoms with van der Waals surface area (Å²) < 4.78 is 33.4. The first-order valence-electron chi connectivity index (χ1n) is 5.18. The SMILES string of the molecule is Fc1cc(CCl)cc(F)c1Oc1ccc(Br)cc1Cl. The van der Waals surface area contributed by atoms with Crippen LogP contribution in [0, 0.1) is 11.6 Å². The van der Waals surface area contributed by atoms with E-state index in [-0.39, 0.29) is 16.7 Å². The molecule has 0 aromatic heterocycles. The minimum atomic E-state index is -0.824. The molecular weight excluding hydrogens is 361 g/mol. The molecule has 100 valence electrons. The molecule has 0 aliphatic rings. The molecule has 0 spiro atoms. The third kappa shape index (κ3) is 3.38. The van der Waals surface area contributed by atoms with E-state index in [9.17, 15) is 8.78 Å². The first kappa shape index (κ1) is 14.6. The van der Waals surface area contributed by atoms with Crippen LogP contribution in [0.1, 0.15) is 5.56 Å². The molecule has 2 rings (SSSR count). The number of hydrogen-bond acceptors (Lipinski definition) is 1. The fourth-order valence-corrected chi connectivity index (χ4v) is 2.32. The van der Waals surface area contributed by atoms with Crippen molar-refractivity contribution in [1.29, 1.82) is 0 Å². The molecule has 2 aromatic carbocycles. The summed E-state index contributed by atoms with van der Waals surface area (Å²) in [7, 11) is 0. The average Bonchev–Trinajstić information content (AvgIpc) is 2.35. The second-order valence-corrected chi connectivity index (χ2v) is 5.29. The summed E-state index contributed by atoms with van der Waals surface area (Å²) in [5.41, 5.74) is 0.339. The van der Waals surface area contributed by atoms with Crippen LogP contribution in [0.2, 0.25) is 5.02 Å². The van der Waals surface area contributed by atoms with Crippen LogP contribution >= 0.6 is 39.1 Å². The van der Waals surface area contributed by atoms with Crippen LogP contribution in [0.25, 0.3) is 0 Å². The van der Waals surface area contributed by atoms with Crippen molar-refractivity contribution in [2.24, 2.45) is 0 Å². The van der Waals surface area contributed by atoms with Gasteiger partial charge in [0, 0.05) is 10.4 Å². The van der Waals surface area contributed by atoms with E-state index in [1.54, 1.807) is 12.1 Å². The molecule has 0 fully saturated rings. The van der Waals surface area contributed by atoms with Gasteiger partial charge in [0.25, 0.3) is 0 Å². The van der Waals surface area contributed by atoms with Crippen molar-refractivity contribution in [3.8, 4) is 11.5 Å². The van der Waals surface area contributed by atoms with E-state index >= 15 is 0 Å². The molecule has 2 aromatic rings. The molecule has 0 atom stereocenters. The van der Waals surface area contributed by atoms with Crippen molar-refractivity contribution in [2.75, 3.05) is 0 Å². The summed E-state index contributed by atoms with van der Waals surface area (Å²) >= 11 is 14.7. The van der Waals surface area contributed by atoms with E-state index in [2.05, 4.69) is 15.9 Å². The molecule has 0 saturated heterocycles. The Morgan fingerprint density at radius 3 is 2.26 bits per heavy atom. The van der Waals surface area contributed by atoms with Gasteiger partial charge in [0.05, 0.1) is 5.02 Å². The fraction of sp³-hybridized carbons (Fsp3) is 0.0769. The molecule has 0 aliphatic heterocycles. The first-order valence-corrected chi connectivity index (χ1v) is 6.88. The summed E-state index contributed by atoms with van der Waals surface area (Å²) in [4.78, 5) is 0. The number of benzene rings is 2. The van der Waals surface area contributed by atoms with Crippen molar-refractivity contribution in [3.63, 3.8) is 0 Å². The van der Waals surface area contributed by atoms with Crippen molar-refractivity contribution in [3.05, 3.63) is 57.0 Å². The lowest BCUT2D eigenvalue weighted by atomic mass is 10.2. The van der Waals surface area contributed by atoms with E-state index in [0.717, 1.165) is 16.6 Å². The Bertz CT molecular complexity index is 597. The minimum absolute atomic E-state index is 0.0210. The smallest absolute Gasteiger partial charge is 0.198 e. The zero-order chi connectivity index (χ0) is 14.0. The number of rotatable bonds is 3. The van der Waals surface area contributed by atoms with E-state index in [1.165, 1.54) is 6.07 Å². The Morgan fingerprint density at radius 2 is 1.74 bits per heavy atom. The summed E-state index contributed by atoms with van der Waals surface area (Å²) in [6, 6.07) is 6.99. The van der Waals surface area contributed by atoms with Crippen LogP contribution in [-0.2, 0) is 5.88 Å². The van der Waals surface area contributed by atoms with Gasteiger partial charge in [-0.15, -0.1) is 11.6 Å². The van der Waals surface area contributed by atoms with Crippen molar-refractivity contribution < 1.29 is 13.5 Å². The largest absolute Gasteiger partial charge is 0.450 e. The second-order valence-electron chi connectivity index (χ2n) is 3.70. The quantitative estimate of drug-likeness (QED) is 0.612. The third-order valence-corrected chi connectivity index (χ3v) is 3.42. The highest BCUT2D eigenvalue weighted by atomic mass is 79.9. The number of halogens is 5. The Balaban J connectivity index is 2.38. The van der Waals surface area contributed by atoms with Gasteiger partial charge < -0.3 is 4.74 Å². The summed E-state index contributed by atoms with van der Waals surface area (Å²) in [5.74, 6) is -1.96. The maximum atomic E-state index is 13.7. The van der Waals surface area contributed by atoms with E-state index < -0.39 is 17.4 Å². The standard InChI is InChI=1S/C13H7BrCl2F2O/c14-8-1-2-12(9(16)5-8)19-13-10(17)3-7(6-15)4-11(13)18/h1-5H,6H2. The molecule has 0 N–H and O–H groups in total. The van der Waals surface area contributed by atoms with Gasteiger partial charge >= 0.3 is 0 Å². The molecule has 0 amide bonds. The Morgan fingerprint density at radius 1 is 1.11 bits per heavy atom. The first-order chi connectivity index (χ1) is 9.01. The zero-order valence-electron chi connectivity index (χ0n) is 9.39. The van der Waals surface area contributed by atoms with Crippen LogP contribution in [0.3, 0.4) is 0 Å². The Hall–Kier alpha value is -0.840. The lowest BCUT2D eigenvalue weighted by Crippen LogP contribution is -1.95. The molecule has 0 heterocycles. The summed E-state index contributed by atoms with van der Waals surface area (Å²) in [6.45, 7) is 0. The maximum Gasteiger partial charge on any atom is 0.198 e. The van der Waals surface area contributed by atoms with Gasteiger partial charge in [-0.05, 0) is 35.9 Å². The predicted octanol–water partition coefficient (Wildman–Crippen LogP) is 5.91. The van der Waals surface area contributed by atoms with Crippen molar-refractivity contribution in [1.82, 2.24) is 0 Å². The van der Waals surface area contributed by atoms with Gasteiger partial charge in [-0.3, -0.25) is 0 Å². The normalized spacial score (nSPS) is 10.6. The van der Waals surface area contributed by atoms with Gasteiger partial charge in [-0.25, -0.2) is 8.78 Å². The Labute approximate surface area is 127 Å². The molecule has 1 nitrogen and oxygen atoms in total. The number of ether oxygens (including phenoxy) is 1. The zero-order valence-corrected chi connectivity index (χ0v) is 12.5. The maximum absolute atomic E-state index is 13.7. The van der Waals surface area contributed by atoms with Crippen LogP contribution in [0.4, 0.5) is 8.78 Å². The molecule has 0 saturated carbocycles. The summed E-state index contributed by atoms with van der Waals surface area (Å²) in [5, 5.41) is 0.245. The van der Waals surface area contributed by atoms with Crippen LogP contribution < -0.4 is 4.74 Å². The van der Waals surface area contributed by atoms with Crippen LogP contribution in [0.5, 0.6) is 11.5 Å². The van der Waals surface area contributed by atoms with Gasteiger partial charge in [0.15, 0.2) is 17.4 Å². The highest BCUT2D eigenvalue weighted by Gasteiger charge is 2.15. The van der Waals surface area contributed by atoms with Crippen molar-refractivity contribution in [2.45, 2.75) is 5.88 Å². The predicted molar refractivity (Wildman–Crippen MR) is 75.1 cm³/mol. The van der Waals surface area contributed by atoms with E-state index in [1.807, 2.05) is 0 Å².